The lowest BCUT2D eigenvalue weighted by Crippen LogP contribution is -2.23. The molecule has 2 N–H and O–H groups in total. The van der Waals surface area contributed by atoms with Crippen LogP contribution in [0.3, 0.4) is 0 Å². The summed E-state index contributed by atoms with van der Waals surface area (Å²) < 4.78 is 0. The van der Waals surface area contributed by atoms with Gasteiger partial charge in [0.1, 0.15) is 5.82 Å². The lowest BCUT2D eigenvalue weighted by Gasteiger charge is -2.09. The third-order valence-electron chi connectivity index (χ3n) is 3.83. The van der Waals surface area contributed by atoms with Crippen molar-refractivity contribution in [2.75, 3.05) is 6.54 Å². The number of aryl methyl sites for hydroxylation is 1. The molecule has 1 aliphatic heterocycles. The Bertz CT molecular complexity index is 765. The van der Waals surface area contributed by atoms with Crippen LogP contribution in [0.2, 0.25) is 0 Å². The molecule has 100 valence electrons. The molecule has 0 saturated carbocycles. The molecule has 0 amide bonds. The van der Waals surface area contributed by atoms with Crippen molar-refractivity contribution < 1.29 is 0 Å². The van der Waals surface area contributed by atoms with Crippen molar-refractivity contribution in [2.45, 2.75) is 19.9 Å². The Morgan fingerprint density at radius 3 is 2.95 bits per heavy atom. The molecule has 0 fully saturated rings. The van der Waals surface area contributed by atoms with E-state index in [0.29, 0.717) is 0 Å². The largest absolute Gasteiger partial charge is 0.341 e. The highest BCUT2D eigenvalue weighted by atomic mass is 15.0. The first-order chi connectivity index (χ1) is 9.81. The molecule has 20 heavy (non-hydrogen) atoms. The summed E-state index contributed by atoms with van der Waals surface area (Å²) in [5.41, 5.74) is 5.59. The van der Waals surface area contributed by atoms with Crippen molar-refractivity contribution >= 4 is 10.9 Å². The molecule has 0 unspecified atom stereocenters. The van der Waals surface area contributed by atoms with Gasteiger partial charge in [-0.1, -0.05) is 18.2 Å². The summed E-state index contributed by atoms with van der Waals surface area (Å²) in [6.45, 7) is 3.90. The maximum atomic E-state index is 4.77. The highest BCUT2D eigenvalue weighted by Gasteiger charge is 2.16. The number of nitrogens with one attached hydrogen (secondary N) is 2. The second-order valence-corrected chi connectivity index (χ2v) is 5.26. The number of benzene rings is 1. The van der Waals surface area contributed by atoms with Gasteiger partial charge < -0.3 is 10.3 Å². The van der Waals surface area contributed by atoms with E-state index >= 15 is 0 Å². The van der Waals surface area contributed by atoms with Gasteiger partial charge in [-0.15, -0.1) is 0 Å². The first-order valence-electron chi connectivity index (χ1n) is 6.96. The molecular weight excluding hydrogens is 248 g/mol. The van der Waals surface area contributed by atoms with E-state index in [4.69, 9.17) is 4.98 Å². The third kappa shape index (κ3) is 1.80. The van der Waals surface area contributed by atoms with Gasteiger partial charge in [0.2, 0.25) is 0 Å². The molecule has 0 spiro atoms. The maximum Gasteiger partial charge on any atom is 0.138 e. The van der Waals surface area contributed by atoms with Crippen LogP contribution in [-0.2, 0) is 13.0 Å². The van der Waals surface area contributed by atoms with Crippen LogP contribution in [0.5, 0.6) is 0 Å². The van der Waals surface area contributed by atoms with Gasteiger partial charge >= 0.3 is 0 Å². The van der Waals surface area contributed by atoms with Crippen molar-refractivity contribution in [1.29, 1.82) is 0 Å². The standard InChI is InChI=1S/C16H16N4/c1-10-5-6-11-12(3-2-4-13(11)18-10)16-19-14-7-8-17-9-15(14)20-16/h2-6,17H,7-9H2,1H3,(H,19,20). The van der Waals surface area contributed by atoms with Gasteiger partial charge in [-0.3, -0.25) is 4.98 Å². The van der Waals surface area contributed by atoms with E-state index in [1.807, 2.05) is 13.0 Å². The molecule has 2 aromatic heterocycles. The van der Waals surface area contributed by atoms with Crippen molar-refractivity contribution in [3.8, 4) is 11.4 Å². The topological polar surface area (TPSA) is 53.6 Å². The Balaban J connectivity index is 1.91. The molecule has 0 saturated heterocycles. The number of aromatic amines is 1. The smallest absolute Gasteiger partial charge is 0.138 e. The van der Waals surface area contributed by atoms with Crippen LogP contribution in [-0.4, -0.2) is 21.5 Å². The van der Waals surface area contributed by atoms with Gasteiger partial charge in [-0.05, 0) is 19.1 Å². The zero-order chi connectivity index (χ0) is 13.5. The highest BCUT2D eigenvalue weighted by molar-refractivity contribution is 5.92. The normalized spacial score (nSPS) is 14.4. The summed E-state index contributed by atoms with van der Waals surface area (Å²) in [6, 6.07) is 10.4. The number of fused-ring (bicyclic) bond motifs is 2. The van der Waals surface area contributed by atoms with Gasteiger partial charge in [0, 0.05) is 36.2 Å². The molecule has 0 atom stereocenters. The number of pyridine rings is 1. The SMILES string of the molecule is Cc1ccc2c(-c3nc4c([nH]3)CNCC4)cccc2n1. The molecule has 1 aromatic carbocycles. The van der Waals surface area contributed by atoms with Gasteiger partial charge in [0.05, 0.1) is 16.9 Å². The molecule has 1 aliphatic rings. The number of nitrogens with zero attached hydrogens (tertiary/aromatic N) is 2. The van der Waals surface area contributed by atoms with Crippen molar-refractivity contribution in [3.63, 3.8) is 0 Å². The number of imidazole rings is 1. The number of hydrogen-bond donors (Lipinski definition) is 2. The van der Waals surface area contributed by atoms with E-state index in [0.717, 1.165) is 47.5 Å². The summed E-state index contributed by atoms with van der Waals surface area (Å²) >= 11 is 0. The van der Waals surface area contributed by atoms with Crippen molar-refractivity contribution in [2.24, 2.45) is 0 Å². The average molecular weight is 264 g/mol. The second-order valence-electron chi connectivity index (χ2n) is 5.26. The molecule has 0 radical (unpaired) electrons. The average Bonchev–Trinajstić information content (AvgIpc) is 2.90. The van der Waals surface area contributed by atoms with Crippen LogP contribution in [0.4, 0.5) is 0 Å². The molecule has 3 aromatic rings. The van der Waals surface area contributed by atoms with Crippen LogP contribution in [0.25, 0.3) is 22.3 Å². The predicted octanol–water partition coefficient (Wildman–Crippen LogP) is 2.58. The first kappa shape index (κ1) is 11.6. The molecule has 4 nitrogen and oxygen atoms in total. The van der Waals surface area contributed by atoms with E-state index < -0.39 is 0 Å². The van der Waals surface area contributed by atoms with Crippen molar-refractivity contribution in [1.82, 2.24) is 20.3 Å². The van der Waals surface area contributed by atoms with E-state index in [9.17, 15) is 0 Å². The molecule has 0 bridgehead atoms. The Morgan fingerprint density at radius 2 is 2.05 bits per heavy atom. The van der Waals surface area contributed by atoms with Gasteiger partial charge in [-0.2, -0.15) is 0 Å². The molecular formula is C16H16N4. The molecule has 4 rings (SSSR count). The van der Waals surface area contributed by atoms with Gasteiger partial charge in [0.15, 0.2) is 0 Å². The fourth-order valence-electron chi connectivity index (χ4n) is 2.81. The summed E-state index contributed by atoms with van der Waals surface area (Å²) in [7, 11) is 0. The Labute approximate surface area is 117 Å². The molecule has 4 heteroatoms. The minimum Gasteiger partial charge on any atom is -0.341 e. The Hall–Kier alpha value is -2.20. The number of H-pyrrole nitrogens is 1. The van der Waals surface area contributed by atoms with Crippen LogP contribution >= 0.6 is 0 Å². The van der Waals surface area contributed by atoms with E-state index in [1.165, 1.54) is 11.4 Å². The summed E-state index contributed by atoms with van der Waals surface area (Å²) in [6.07, 6.45) is 0.994. The lowest BCUT2D eigenvalue weighted by molar-refractivity contribution is 0.627. The van der Waals surface area contributed by atoms with Crippen LogP contribution < -0.4 is 5.32 Å². The maximum absolute atomic E-state index is 4.77. The zero-order valence-electron chi connectivity index (χ0n) is 11.4. The van der Waals surface area contributed by atoms with E-state index in [1.54, 1.807) is 0 Å². The van der Waals surface area contributed by atoms with Crippen LogP contribution in [0.1, 0.15) is 17.1 Å². The fourth-order valence-corrected chi connectivity index (χ4v) is 2.81. The summed E-state index contributed by atoms with van der Waals surface area (Å²) in [5.74, 6) is 0.954. The third-order valence-corrected chi connectivity index (χ3v) is 3.83. The first-order valence-corrected chi connectivity index (χ1v) is 6.96. The monoisotopic (exact) mass is 264 g/mol. The predicted molar refractivity (Wildman–Crippen MR) is 79.5 cm³/mol. The van der Waals surface area contributed by atoms with E-state index in [2.05, 4.69) is 39.6 Å². The summed E-state index contributed by atoms with van der Waals surface area (Å²) in [5, 5.41) is 4.52. The van der Waals surface area contributed by atoms with Crippen LogP contribution in [0, 0.1) is 6.92 Å². The minimum absolute atomic E-state index is 0.879. The molecule has 3 heterocycles. The number of hydrogen-bond acceptors (Lipinski definition) is 3. The van der Waals surface area contributed by atoms with Gasteiger partial charge in [0.25, 0.3) is 0 Å². The fraction of sp³-hybridized carbons (Fsp3) is 0.250. The summed E-state index contributed by atoms with van der Waals surface area (Å²) in [4.78, 5) is 12.8. The second kappa shape index (κ2) is 4.42. The van der Waals surface area contributed by atoms with E-state index in [-0.39, 0.29) is 0 Å². The number of rotatable bonds is 1. The Kier molecular flexibility index (Phi) is 2.57. The number of aromatic nitrogens is 3. The lowest BCUT2D eigenvalue weighted by atomic mass is 10.1. The minimum atomic E-state index is 0.879. The quantitative estimate of drug-likeness (QED) is 0.710. The highest BCUT2D eigenvalue weighted by Crippen LogP contribution is 2.27. The molecule has 0 aliphatic carbocycles. The Morgan fingerprint density at radius 1 is 1.10 bits per heavy atom. The van der Waals surface area contributed by atoms with Gasteiger partial charge in [-0.25, -0.2) is 4.98 Å². The zero-order valence-corrected chi connectivity index (χ0v) is 11.4. The van der Waals surface area contributed by atoms with Crippen molar-refractivity contribution in [3.05, 3.63) is 47.4 Å². The van der Waals surface area contributed by atoms with Crippen LogP contribution in [0.15, 0.2) is 30.3 Å².